The van der Waals surface area contributed by atoms with E-state index in [1.165, 1.54) is 12.1 Å². The first kappa shape index (κ1) is 23.5. The average molecular weight is 493 g/mol. The lowest BCUT2D eigenvalue weighted by atomic mass is 10.1. The van der Waals surface area contributed by atoms with Gasteiger partial charge in [-0.15, -0.1) is 10.2 Å². The zero-order chi connectivity index (χ0) is 24.8. The van der Waals surface area contributed by atoms with Gasteiger partial charge in [0.05, 0.1) is 15.6 Å². The number of benzene rings is 3. The van der Waals surface area contributed by atoms with Gasteiger partial charge in [-0.2, -0.15) is 4.80 Å². The summed E-state index contributed by atoms with van der Waals surface area (Å²) in [5.74, 6) is -1.14. The molecule has 1 aromatic heterocycles. The number of carbonyl (C=O) groups excluding carboxylic acids is 2. The van der Waals surface area contributed by atoms with Crippen molar-refractivity contribution >= 4 is 34.9 Å². The molecule has 0 aliphatic carbocycles. The van der Waals surface area contributed by atoms with E-state index < -0.39 is 22.9 Å². The normalized spacial score (nSPS) is 11.5. The van der Waals surface area contributed by atoms with Gasteiger partial charge < -0.3 is 10.1 Å². The van der Waals surface area contributed by atoms with Crippen molar-refractivity contribution in [1.82, 2.24) is 20.2 Å². The zero-order valence-corrected chi connectivity index (χ0v) is 18.7. The number of non-ortho nitro benzene ring substituents is 1. The number of esters is 1. The van der Waals surface area contributed by atoms with Crippen LogP contribution in [0.25, 0.3) is 11.4 Å². The lowest BCUT2D eigenvalue weighted by molar-refractivity contribution is -0.384. The van der Waals surface area contributed by atoms with Crippen LogP contribution >= 0.6 is 11.6 Å². The molecule has 35 heavy (non-hydrogen) atoms. The Morgan fingerprint density at radius 2 is 1.74 bits per heavy atom. The largest absolute Gasteiger partial charge is 0.446 e. The maximum absolute atomic E-state index is 13.0. The van der Waals surface area contributed by atoms with Gasteiger partial charge >= 0.3 is 5.97 Å². The van der Waals surface area contributed by atoms with E-state index in [4.69, 9.17) is 16.3 Å². The third kappa shape index (κ3) is 5.84. The van der Waals surface area contributed by atoms with Gasteiger partial charge in [0.25, 0.3) is 11.6 Å². The maximum Gasteiger partial charge on any atom is 0.330 e. The second-order valence-corrected chi connectivity index (χ2v) is 7.61. The summed E-state index contributed by atoms with van der Waals surface area (Å²) in [6.45, 7) is -0.380. The number of nitro groups is 1. The highest BCUT2D eigenvalue weighted by molar-refractivity contribution is 6.34. The van der Waals surface area contributed by atoms with Crippen molar-refractivity contribution < 1.29 is 19.2 Å². The fourth-order valence-corrected chi connectivity index (χ4v) is 3.34. The minimum atomic E-state index is -1.33. The summed E-state index contributed by atoms with van der Waals surface area (Å²) >= 11 is 6.08. The minimum Gasteiger partial charge on any atom is -0.446 e. The number of nitro benzene ring substituents is 1. The first-order valence-corrected chi connectivity index (χ1v) is 10.6. The molecule has 176 valence electrons. The molecule has 1 atom stereocenters. The molecule has 0 radical (unpaired) electrons. The topological polar surface area (TPSA) is 142 Å². The van der Waals surface area contributed by atoms with Crippen LogP contribution in [0.15, 0.2) is 78.9 Å². The molecule has 1 heterocycles. The number of ether oxygens (including phenoxy) is 1. The van der Waals surface area contributed by atoms with Gasteiger partial charge in [-0.3, -0.25) is 14.9 Å². The second kappa shape index (κ2) is 10.5. The predicted octanol–water partition coefficient (Wildman–Crippen LogP) is 3.82. The number of nitrogens with zero attached hydrogens (tertiary/aromatic N) is 5. The highest BCUT2D eigenvalue weighted by Gasteiger charge is 2.26. The van der Waals surface area contributed by atoms with Crippen LogP contribution in [0.4, 0.5) is 11.4 Å². The Hall–Kier alpha value is -4.64. The molecule has 12 heteroatoms. The third-order valence-corrected chi connectivity index (χ3v) is 5.08. The minimum absolute atomic E-state index is 0.0362. The van der Waals surface area contributed by atoms with E-state index in [0.717, 1.165) is 16.4 Å². The van der Waals surface area contributed by atoms with Gasteiger partial charge in [-0.25, -0.2) is 4.79 Å². The van der Waals surface area contributed by atoms with E-state index in [-0.39, 0.29) is 22.9 Å². The van der Waals surface area contributed by atoms with Gasteiger partial charge in [0.2, 0.25) is 11.9 Å². The Labute approximate surface area is 203 Å². The van der Waals surface area contributed by atoms with E-state index in [1.807, 2.05) is 18.2 Å². The zero-order valence-electron chi connectivity index (χ0n) is 17.9. The molecule has 1 amide bonds. The van der Waals surface area contributed by atoms with E-state index in [1.54, 1.807) is 42.5 Å². The van der Waals surface area contributed by atoms with Gasteiger partial charge in [0, 0.05) is 23.3 Å². The predicted molar refractivity (Wildman–Crippen MR) is 125 cm³/mol. The van der Waals surface area contributed by atoms with Gasteiger partial charge in [-0.05, 0) is 11.3 Å². The Kier molecular flexibility index (Phi) is 7.07. The first-order valence-electron chi connectivity index (χ1n) is 10.2. The first-order chi connectivity index (χ1) is 16.9. The van der Waals surface area contributed by atoms with Gasteiger partial charge in [0.1, 0.15) is 0 Å². The fourth-order valence-electron chi connectivity index (χ4n) is 3.12. The lowest BCUT2D eigenvalue weighted by Gasteiger charge is -2.18. The molecule has 0 saturated carbocycles. The number of hydrogen-bond donors (Lipinski definition) is 1. The van der Waals surface area contributed by atoms with Crippen molar-refractivity contribution in [3.05, 3.63) is 99.6 Å². The molecule has 3 aromatic carbocycles. The summed E-state index contributed by atoms with van der Waals surface area (Å²) in [6, 6.07) is 21.1. The maximum atomic E-state index is 13.0. The average Bonchev–Trinajstić information content (AvgIpc) is 3.33. The van der Waals surface area contributed by atoms with Crippen molar-refractivity contribution in [2.45, 2.75) is 12.6 Å². The fraction of sp³-hybridized carbons (Fsp3) is 0.0870. The van der Waals surface area contributed by atoms with Gasteiger partial charge in [-0.1, -0.05) is 72.3 Å². The standard InChI is InChI=1S/C23H17ClN6O5/c24-18-13-17(30(33)34)11-12-19(18)25-23(32)21(15-7-3-1-4-8-15)35-20(31)14-29-27-22(26-28-29)16-9-5-2-6-10-16/h1-13,21H,14H2,(H,25,32). The number of rotatable bonds is 8. The van der Waals surface area contributed by atoms with Crippen LogP contribution < -0.4 is 5.32 Å². The monoisotopic (exact) mass is 492 g/mol. The number of hydrogen-bond acceptors (Lipinski definition) is 8. The Bertz CT molecular complexity index is 1360. The number of amides is 1. The number of halogens is 1. The quantitative estimate of drug-likeness (QED) is 0.222. The smallest absolute Gasteiger partial charge is 0.330 e. The number of carbonyl (C=O) groups is 2. The molecular weight excluding hydrogens is 476 g/mol. The van der Waals surface area contributed by atoms with Crippen molar-refractivity contribution in [2.24, 2.45) is 0 Å². The molecule has 1 N–H and O–H groups in total. The van der Waals surface area contributed by atoms with Crippen molar-refractivity contribution in [1.29, 1.82) is 0 Å². The molecule has 0 aliphatic heterocycles. The highest BCUT2D eigenvalue weighted by atomic mass is 35.5. The summed E-state index contributed by atoms with van der Waals surface area (Å²) < 4.78 is 5.46. The van der Waals surface area contributed by atoms with Crippen LogP contribution in [0.3, 0.4) is 0 Å². The Morgan fingerprint density at radius 3 is 2.40 bits per heavy atom. The van der Waals surface area contributed by atoms with E-state index in [0.29, 0.717) is 11.4 Å². The molecule has 4 rings (SSSR count). The van der Waals surface area contributed by atoms with Crippen LogP contribution in [-0.4, -0.2) is 37.0 Å². The number of aromatic nitrogens is 4. The van der Waals surface area contributed by atoms with E-state index in [9.17, 15) is 19.7 Å². The molecule has 0 aliphatic rings. The molecule has 0 saturated heterocycles. The summed E-state index contributed by atoms with van der Waals surface area (Å²) in [6.07, 6.45) is -1.33. The second-order valence-electron chi connectivity index (χ2n) is 7.20. The molecule has 11 nitrogen and oxygen atoms in total. The SMILES string of the molecule is O=C(Cn1nnc(-c2ccccc2)n1)OC(C(=O)Nc1ccc([N+](=O)[O-])cc1Cl)c1ccccc1. The number of nitrogens with one attached hydrogen (secondary N) is 1. The van der Waals surface area contributed by atoms with Crippen molar-refractivity contribution in [3.8, 4) is 11.4 Å². The summed E-state index contributed by atoms with van der Waals surface area (Å²) in [7, 11) is 0. The van der Waals surface area contributed by atoms with Crippen LogP contribution in [0.2, 0.25) is 5.02 Å². The molecule has 1 unspecified atom stereocenters. The van der Waals surface area contributed by atoms with Crippen molar-refractivity contribution in [2.75, 3.05) is 5.32 Å². The van der Waals surface area contributed by atoms with Crippen LogP contribution in [0.1, 0.15) is 11.7 Å². The van der Waals surface area contributed by atoms with Crippen LogP contribution in [0.5, 0.6) is 0 Å². The molecule has 0 fully saturated rings. The third-order valence-electron chi connectivity index (χ3n) is 4.77. The highest BCUT2D eigenvalue weighted by Crippen LogP contribution is 2.28. The molecule has 0 spiro atoms. The number of anilines is 1. The summed E-state index contributed by atoms with van der Waals surface area (Å²) in [5.41, 5.74) is 1.04. The van der Waals surface area contributed by atoms with E-state index in [2.05, 4.69) is 20.7 Å². The lowest BCUT2D eigenvalue weighted by Crippen LogP contribution is -2.28. The summed E-state index contributed by atoms with van der Waals surface area (Å²) in [5, 5.41) is 25.4. The number of tetrazole rings is 1. The van der Waals surface area contributed by atoms with Crippen LogP contribution in [-0.2, 0) is 20.9 Å². The van der Waals surface area contributed by atoms with Crippen LogP contribution in [0, 0.1) is 10.1 Å². The van der Waals surface area contributed by atoms with Gasteiger partial charge in [0.15, 0.2) is 6.54 Å². The Morgan fingerprint density at radius 1 is 1.06 bits per heavy atom. The Balaban J connectivity index is 1.49. The van der Waals surface area contributed by atoms with Crippen molar-refractivity contribution in [3.63, 3.8) is 0 Å². The molecule has 4 aromatic rings. The molecule has 0 bridgehead atoms. The van der Waals surface area contributed by atoms with E-state index >= 15 is 0 Å². The summed E-state index contributed by atoms with van der Waals surface area (Å²) in [4.78, 5) is 37.1. The molecular formula is C23H17ClN6O5.